The summed E-state index contributed by atoms with van der Waals surface area (Å²) >= 11 is 0. The van der Waals surface area contributed by atoms with Crippen LogP contribution in [0, 0.1) is 5.82 Å². The van der Waals surface area contributed by atoms with Gasteiger partial charge in [0.05, 0.1) is 6.10 Å². The fourth-order valence-corrected chi connectivity index (χ4v) is 3.31. The molecular weight excluding hydrogens is 323 g/mol. The van der Waals surface area contributed by atoms with E-state index in [-0.39, 0.29) is 18.2 Å². The van der Waals surface area contributed by atoms with Gasteiger partial charge >= 0.3 is 0 Å². The molecule has 8 heteroatoms. The van der Waals surface area contributed by atoms with Crippen LogP contribution in [0.25, 0.3) is 0 Å². The number of nitrogens with one attached hydrogen (secondary N) is 2. The Morgan fingerprint density at radius 2 is 2.26 bits per heavy atom. The van der Waals surface area contributed by atoms with E-state index in [1.807, 2.05) is 0 Å². The van der Waals surface area contributed by atoms with Crippen molar-refractivity contribution in [1.29, 1.82) is 0 Å². The summed E-state index contributed by atoms with van der Waals surface area (Å²) in [4.78, 5) is 11.5. The largest absolute Gasteiger partial charge is 0.376 e. The van der Waals surface area contributed by atoms with Crippen LogP contribution in [0.4, 0.5) is 4.39 Å². The summed E-state index contributed by atoms with van der Waals surface area (Å²) in [5.41, 5.74) is 0.0726. The lowest BCUT2D eigenvalue weighted by molar-refractivity contribution is 0.0857. The van der Waals surface area contributed by atoms with Crippen LogP contribution in [0.1, 0.15) is 23.2 Å². The number of halogens is 1. The predicted molar refractivity (Wildman–Crippen MR) is 83.1 cm³/mol. The summed E-state index contributed by atoms with van der Waals surface area (Å²) < 4.78 is 45.4. The fourth-order valence-electron chi connectivity index (χ4n) is 2.21. The van der Waals surface area contributed by atoms with Gasteiger partial charge in [-0.15, -0.1) is 6.58 Å². The van der Waals surface area contributed by atoms with Crippen LogP contribution in [0.2, 0.25) is 0 Å². The highest BCUT2D eigenvalue weighted by Gasteiger charge is 2.21. The molecule has 1 fully saturated rings. The highest BCUT2D eigenvalue weighted by Crippen LogP contribution is 2.17. The van der Waals surface area contributed by atoms with Crippen LogP contribution in [-0.4, -0.2) is 40.1 Å². The van der Waals surface area contributed by atoms with Gasteiger partial charge in [0.25, 0.3) is 5.91 Å². The molecule has 1 saturated heterocycles. The fraction of sp³-hybridized carbons (Fsp3) is 0.400. The zero-order valence-electron chi connectivity index (χ0n) is 12.5. The maximum Gasteiger partial charge on any atom is 0.251 e. The molecule has 0 aliphatic carbocycles. The van der Waals surface area contributed by atoms with E-state index in [4.69, 9.17) is 4.74 Å². The molecule has 1 aromatic carbocycles. The molecule has 0 aromatic heterocycles. The number of benzene rings is 1. The van der Waals surface area contributed by atoms with Crippen molar-refractivity contribution in [3.05, 3.63) is 42.2 Å². The smallest absolute Gasteiger partial charge is 0.251 e. The molecule has 1 heterocycles. The molecule has 0 radical (unpaired) electrons. The number of carbonyl (C=O) groups excluding carboxylic acids is 1. The minimum absolute atomic E-state index is 0.0305. The molecular formula is C15H19FN2O4S. The molecule has 1 unspecified atom stereocenters. The van der Waals surface area contributed by atoms with Gasteiger partial charge in [-0.05, 0) is 31.0 Å². The highest BCUT2D eigenvalue weighted by atomic mass is 32.2. The van der Waals surface area contributed by atoms with E-state index in [0.717, 1.165) is 25.0 Å². The van der Waals surface area contributed by atoms with Crippen molar-refractivity contribution >= 4 is 15.9 Å². The van der Waals surface area contributed by atoms with E-state index >= 15 is 0 Å². The van der Waals surface area contributed by atoms with Crippen molar-refractivity contribution in [3.8, 4) is 0 Å². The lowest BCUT2D eigenvalue weighted by Gasteiger charge is -2.12. The van der Waals surface area contributed by atoms with Gasteiger partial charge < -0.3 is 10.1 Å². The minimum Gasteiger partial charge on any atom is -0.376 e. The van der Waals surface area contributed by atoms with Crippen LogP contribution in [0.5, 0.6) is 0 Å². The predicted octanol–water partition coefficient (Wildman–Crippen LogP) is 1.20. The van der Waals surface area contributed by atoms with Crippen LogP contribution in [-0.2, 0) is 14.8 Å². The first-order valence-corrected chi connectivity index (χ1v) is 8.72. The van der Waals surface area contributed by atoms with E-state index in [2.05, 4.69) is 16.6 Å². The Kier molecular flexibility index (Phi) is 5.86. The van der Waals surface area contributed by atoms with Gasteiger partial charge in [0.15, 0.2) is 0 Å². The Balaban J connectivity index is 2.12. The van der Waals surface area contributed by atoms with Crippen molar-refractivity contribution in [2.24, 2.45) is 0 Å². The Hall–Kier alpha value is -1.77. The lowest BCUT2D eigenvalue weighted by Crippen LogP contribution is -2.32. The molecule has 1 amide bonds. The molecule has 1 aliphatic heterocycles. The maximum atomic E-state index is 13.8. The second kappa shape index (κ2) is 7.67. The molecule has 2 N–H and O–H groups in total. The summed E-state index contributed by atoms with van der Waals surface area (Å²) in [7, 11) is -4.04. The van der Waals surface area contributed by atoms with Crippen molar-refractivity contribution in [2.45, 2.75) is 23.8 Å². The van der Waals surface area contributed by atoms with E-state index < -0.39 is 26.6 Å². The second-order valence-corrected chi connectivity index (χ2v) is 6.87. The van der Waals surface area contributed by atoms with Gasteiger partial charge in [0, 0.05) is 25.3 Å². The molecule has 1 atom stereocenters. The van der Waals surface area contributed by atoms with Crippen LogP contribution in [0.3, 0.4) is 0 Å². The van der Waals surface area contributed by atoms with Gasteiger partial charge in [0.1, 0.15) is 10.7 Å². The van der Waals surface area contributed by atoms with Crippen LogP contribution >= 0.6 is 0 Å². The summed E-state index contributed by atoms with van der Waals surface area (Å²) in [6.07, 6.45) is 3.13. The number of ether oxygens (including phenoxy) is 1. The molecule has 6 nitrogen and oxygen atoms in total. The van der Waals surface area contributed by atoms with Gasteiger partial charge in [-0.2, -0.15) is 0 Å². The number of rotatable bonds is 7. The third kappa shape index (κ3) is 4.60. The first kappa shape index (κ1) is 17.6. The molecule has 0 bridgehead atoms. The van der Waals surface area contributed by atoms with E-state index in [1.165, 1.54) is 12.1 Å². The van der Waals surface area contributed by atoms with Crippen molar-refractivity contribution < 1.29 is 22.3 Å². The second-order valence-electron chi connectivity index (χ2n) is 5.13. The monoisotopic (exact) mass is 342 g/mol. The maximum absolute atomic E-state index is 13.8. The number of sulfonamides is 1. The SMILES string of the molecule is C=CCNS(=O)(=O)c1cc(C(=O)NCC2CCCO2)ccc1F. The highest BCUT2D eigenvalue weighted by molar-refractivity contribution is 7.89. The van der Waals surface area contributed by atoms with Gasteiger partial charge in [-0.1, -0.05) is 6.08 Å². The summed E-state index contributed by atoms with van der Waals surface area (Å²) in [6, 6.07) is 3.22. The van der Waals surface area contributed by atoms with E-state index in [1.54, 1.807) is 0 Å². The van der Waals surface area contributed by atoms with Gasteiger partial charge in [-0.3, -0.25) is 4.79 Å². The normalized spacial score (nSPS) is 17.9. The average molecular weight is 342 g/mol. The van der Waals surface area contributed by atoms with Gasteiger partial charge in [-0.25, -0.2) is 17.5 Å². The molecule has 0 spiro atoms. The van der Waals surface area contributed by atoms with E-state index in [9.17, 15) is 17.6 Å². The molecule has 0 saturated carbocycles. The zero-order valence-corrected chi connectivity index (χ0v) is 13.4. The van der Waals surface area contributed by atoms with Crippen LogP contribution in [0.15, 0.2) is 35.7 Å². The average Bonchev–Trinajstić information content (AvgIpc) is 3.04. The number of hydrogen-bond acceptors (Lipinski definition) is 4. The van der Waals surface area contributed by atoms with Crippen molar-refractivity contribution in [3.63, 3.8) is 0 Å². The molecule has 1 aliphatic rings. The topological polar surface area (TPSA) is 84.5 Å². The van der Waals surface area contributed by atoms with Gasteiger partial charge in [0.2, 0.25) is 10.0 Å². The lowest BCUT2D eigenvalue weighted by atomic mass is 10.2. The van der Waals surface area contributed by atoms with Crippen molar-refractivity contribution in [2.75, 3.05) is 19.7 Å². The van der Waals surface area contributed by atoms with E-state index in [0.29, 0.717) is 13.2 Å². The Bertz CT molecular complexity index is 685. The first-order chi connectivity index (χ1) is 10.9. The molecule has 1 aromatic rings. The van der Waals surface area contributed by atoms with Crippen molar-refractivity contribution in [1.82, 2.24) is 10.0 Å². The Morgan fingerprint density at radius 3 is 2.91 bits per heavy atom. The third-order valence-corrected chi connectivity index (χ3v) is 4.85. The number of hydrogen-bond donors (Lipinski definition) is 2. The van der Waals surface area contributed by atoms with Crippen LogP contribution < -0.4 is 10.0 Å². The summed E-state index contributed by atoms with van der Waals surface area (Å²) in [5.74, 6) is -1.39. The minimum atomic E-state index is -4.04. The Morgan fingerprint density at radius 1 is 1.48 bits per heavy atom. The summed E-state index contributed by atoms with van der Waals surface area (Å²) in [5, 5.41) is 2.66. The third-order valence-electron chi connectivity index (χ3n) is 3.41. The number of amides is 1. The molecule has 2 rings (SSSR count). The standard InChI is InChI=1S/C15H19FN2O4S/c1-2-7-18-23(20,21)14-9-11(5-6-13(14)16)15(19)17-10-12-4-3-8-22-12/h2,5-6,9,12,18H,1,3-4,7-8,10H2,(H,17,19). The number of carbonyl (C=O) groups is 1. The quantitative estimate of drug-likeness (QED) is 0.729. The molecule has 126 valence electrons. The Labute approximate surface area is 134 Å². The first-order valence-electron chi connectivity index (χ1n) is 7.24. The summed E-state index contributed by atoms with van der Waals surface area (Å²) in [6.45, 7) is 4.38. The molecule has 23 heavy (non-hydrogen) atoms. The zero-order chi connectivity index (χ0) is 16.9.